The van der Waals surface area contributed by atoms with Crippen molar-refractivity contribution in [2.45, 2.75) is 46.5 Å². The Kier molecular flexibility index (Phi) is 5.69. The Morgan fingerprint density at radius 3 is 2.56 bits per heavy atom. The van der Waals surface area contributed by atoms with E-state index in [1.54, 1.807) is 0 Å². The number of hydrogen-bond acceptors (Lipinski definition) is 1. The van der Waals surface area contributed by atoms with Crippen molar-refractivity contribution >= 4 is 38.9 Å². The number of benzene rings is 2. The highest BCUT2D eigenvalue weighted by Crippen LogP contribution is 2.42. The Morgan fingerprint density at radius 2 is 1.79 bits per heavy atom. The molecule has 3 heteroatoms. The van der Waals surface area contributed by atoms with Crippen LogP contribution in [0.25, 0.3) is 39.1 Å². The first-order valence-electron chi connectivity index (χ1n) is 12.0. The number of aromatic nitrogens is 1. The second-order valence-corrected chi connectivity index (χ2v) is 11.8. The first-order valence-corrected chi connectivity index (χ1v) is 12.8. The first kappa shape index (κ1) is 22.6. The Labute approximate surface area is 206 Å². The molecule has 0 aliphatic carbocycles. The van der Waals surface area contributed by atoms with Crippen LogP contribution < -0.4 is 9.46 Å². The third kappa shape index (κ3) is 4.33. The second kappa shape index (κ2) is 8.56. The standard InChI is InChI=1S/C31H32N2S/c1-20(2)15-25-17-23-11-12-28(32-30(23)34-25)22-13-14-33(6)29(19-22)24-16-21-9-7-8-10-26(21)27(18-24)31(3,4)5/h7-14,16-20H,6,15H2,1-5H3. The third-order valence-corrected chi connectivity index (χ3v) is 7.41. The van der Waals surface area contributed by atoms with Crippen LogP contribution in [0.2, 0.25) is 0 Å². The molecule has 172 valence electrons. The van der Waals surface area contributed by atoms with E-state index in [4.69, 9.17) is 5.32 Å². The van der Waals surface area contributed by atoms with E-state index in [1.165, 1.54) is 32.3 Å². The van der Waals surface area contributed by atoms with E-state index in [1.807, 2.05) is 21.8 Å². The lowest BCUT2D eigenvalue weighted by Crippen LogP contribution is -2.22. The lowest BCUT2D eigenvalue weighted by Gasteiger charge is -2.26. The van der Waals surface area contributed by atoms with E-state index in [0.717, 1.165) is 28.0 Å². The van der Waals surface area contributed by atoms with Crippen molar-refractivity contribution in [2.75, 3.05) is 0 Å². The summed E-state index contributed by atoms with van der Waals surface area (Å²) in [5, 5.41) is 9.83. The molecule has 0 N–H and O–H groups in total. The molecule has 0 atom stereocenters. The summed E-state index contributed by atoms with van der Waals surface area (Å²) in [4.78, 5) is 1.41. The summed E-state index contributed by atoms with van der Waals surface area (Å²) in [5.41, 5.74) is 5.89. The fourth-order valence-corrected chi connectivity index (χ4v) is 5.89. The SMILES string of the molecule is C=[n+]1ccc(=C2C=Cc3cc(CC(C)C)sc3[N-]2)cc1-c1cc(C(C)(C)C)c2ccccc2c1. The fraction of sp³-hybridized carbons (Fsp3) is 0.258. The Hall–Kier alpha value is -3.17. The molecule has 0 saturated carbocycles. The maximum Gasteiger partial charge on any atom is 0.217 e. The number of rotatable bonds is 3. The van der Waals surface area contributed by atoms with Crippen LogP contribution in [0.5, 0.6) is 0 Å². The molecule has 0 amide bonds. The average Bonchev–Trinajstić information content (AvgIpc) is 3.18. The molecule has 0 spiro atoms. The minimum Gasteiger partial charge on any atom is -0.648 e. The van der Waals surface area contributed by atoms with Gasteiger partial charge in [0.25, 0.3) is 0 Å². The molecule has 34 heavy (non-hydrogen) atoms. The topological polar surface area (TPSA) is 20.0 Å². The molecule has 3 heterocycles. The predicted octanol–water partition coefficient (Wildman–Crippen LogP) is 7.83. The van der Waals surface area contributed by atoms with Gasteiger partial charge in [-0.3, -0.25) is 0 Å². The van der Waals surface area contributed by atoms with Gasteiger partial charge in [0.2, 0.25) is 5.69 Å². The van der Waals surface area contributed by atoms with Crippen molar-refractivity contribution in [3.05, 3.63) is 100 Å². The van der Waals surface area contributed by atoms with Crippen molar-refractivity contribution < 1.29 is 4.24 Å². The lowest BCUT2D eigenvalue weighted by molar-refractivity contribution is -0.486. The largest absolute Gasteiger partial charge is 0.648 e. The normalized spacial score (nSPS) is 15.0. The van der Waals surface area contributed by atoms with Crippen molar-refractivity contribution in [1.82, 2.24) is 0 Å². The molecule has 0 unspecified atom stereocenters. The maximum atomic E-state index is 5.03. The first-order chi connectivity index (χ1) is 16.2. The zero-order valence-electron chi connectivity index (χ0n) is 20.7. The van der Waals surface area contributed by atoms with Crippen molar-refractivity contribution in [2.24, 2.45) is 5.92 Å². The van der Waals surface area contributed by atoms with Gasteiger partial charge in [-0.05, 0) is 63.1 Å². The van der Waals surface area contributed by atoms with Crippen LogP contribution in [0, 0.1) is 12.6 Å². The fourth-order valence-electron chi connectivity index (χ4n) is 4.65. The van der Waals surface area contributed by atoms with Gasteiger partial charge in [-0.2, -0.15) is 15.6 Å². The van der Waals surface area contributed by atoms with Crippen LogP contribution in [0.3, 0.4) is 0 Å². The van der Waals surface area contributed by atoms with Crippen LogP contribution in [-0.2, 0) is 11.8 Å². The summed E-state index contributed by atoms with van der Waals surface area (Å²) in [6.45, 7) is 15.6. The van der Waals surface area contributed by atoms with Crippen LogP contribution in [0.1, 0.15) is 50.6 Å². The van der Waals surface area contributed by atoms with Crippen LogP contribution in [-0.4, -0.2) is 0 Å². The molecule has 1 aliphatic rings. The van der Waals surface area contributed by atoms with Gasteiger partial charge in [0.15, 0.2) is 6.20 Å². The van der Waals surface area contributed by atoms with Crippen molar-refractivity contribution in [3.8, 4) is 11.3 Å². The van der Waals surface area contributed by atoms with E-state index < -0.39 is 0 Å². The number of nitrogens with zero attached hydrogens (tertiary/aromatic N) is 2. The molecule has 5 rings (SSSR count). The summed E-state index contributed by atoms with van der Waals surface area (Å²) in [6, 6.07) is 19.9. The van der Waals surface area contributed by atoms with Gasteiger partial charge in [0, 0.05) is 22.6 Å². The summed E-state index contributed by atoms with van der Waals surface area (Å²) in [6.07, 6.45) is 7.49. The van der Waals surface area contributed by atoms with E-state index in [9.17, 15) is 0 Å². The Morgan fingerprint density at radius 1 is 1.00 bits per heavy atom. The molecular formula is C31H32N2S. The molecule has 2 nitrogen and oxygen atoms in total. The van der Waals surface area contributed by atoms with Gasteiger partial charge >= 0.3 is 0 Å². The summed E-state index contributed by atoms with van der Waals surface area (Å²) in [7, 11) is 0. The van der Waals surface area contributed by atoms with E-state index in [2.05, 4.69) is 108 Å². The quantitative estimate of drug-likeness (QED) is 0.275. The molecule has 0 radical (unpaired) electrons. The summed E-state index contributed by atoms with van der Waals surface area (Å²) in [5.74, 6) is 0.650. The minimum atomic E-state index is 0.0404. The zero-order valence-corrected chi connectivity index (χ0v) is 21.5. The van der Waals surface area contributed by atoms with Crippen molar-refractivity contribution in [1.29, 1.82) is 0 Å². The van der Waals surface area contributed by atoms with Crippen LogP contribution in [0.15, 0.2) is 66.9 Å². The van der Waals surface area contributed by atoms with Gasteiger partial charge in [-0.25, -0.2) is 0 Å². The number of fused-ring (bicyclic) bond motifs is 2. The highest BCUT2D eigenvalue weighted by atomic mass is 32.1. The van der Waals surface area contributed by atoms with Crippen LogP contribution >= 0.6 is 11.3 Å². The van der Waals surface area contributed by atoms with Gasteiger partial charge < -0.3 is 5.32 Å². The number of pyridine rings is 1. The van der Waals surface area contributed by atoms with Gasteiger partial charge in [0.1, 0.15) is 6.72 Å². The van der Waals surface area contributed by atoms with Crippen molar-refractivity contribution in [3.63, 3.8) is 0 Å². The van der Waals surface area contributed by atoms with Gasteiger partial charge in [-0.1, -0.05) is 76.0 Å². The third-order valence-electron chi connectivity index (χ3n) is 6.34. The lowest BCUT2D eigenvalue weighted by atomic mass is 9.82. The van der Waals surface area contributed by atoms with Gasteiger partial charge in [0.05, 0.1) is 0 Å². The van der Waals surface area contributed by atoms with Crippen LogP contribution in [0.4, 0.5) is 5.00 Å². The molecule has 2 aromatic carbocycles. The highest BCUT2D eigenvalue weighted by Gasteiger charge is 2.20. The maximum absolute atomic E-state index is 5.03. The summed E-state index contributed by atoms with van der Waals surface area (Å²) < 4.78 is 1.96. The molecule has 0 bridgehead atoms. The smallest absolute Gasteiger partial charge is 0.217 e. The minimum absolute atomic E-state index is 0.0404. The molecular weight excluding hydrogens is 432 g/mol. The molecule has 2 aromatic heterocycles. The molecule has 4 aromatic rings. The summed E-state index contributed by atoms with van der Waals surface area (Å²) >= 11 is 1.82. The second-order valence-electron chi connectivity index (χ2n) is 10.7. The monoisotopic (exact) mass is 464 g/mol. The molecule has 1 aliphatic heterocycles. The molecule has 0 fully saturated rings. The Bertz CT molecular complexity index is 1530. The van der Waals surface area contributed by atoms with E-state index >= 15 is 0 Å². The van der Waals surface area contributed by atoms with E-state index in [0.29, 0.717) is 5.92 Å². The Balaban J connectivity index is 1.62. The van der Waals surface area contributed by atoms with Gasteiger partial charge in [-0.15, -0.1) is 5.70 Å². The predicted molar refractivity (Wildman–Crippen MR) is 147 cm³/mol. The number of hydrogen-bond donors (Lipinski definition) is 0. The van der Waals surface area contributed by atoms with E-state index in [-0.39, 0.29) is 5.41 Å². The molecule has 0 saturated heterocycles. The highest BCUT2D eigenvalue weighted by molar-refractivity contribution is 7.16. The number of thiophene rings is 1. The zero-order chi connectivity index (χ0) is 24.0. The average molecular weight is 465 g/mol.